The van der Waals surface area contributed by atoms with Crippen molar-refractivity contribution in [3.05, 3.63) is 40.6 Å². The largest absolute Gasteiger partial charge is 0.373 e. The first kappa shape index (κ1) is 16.4. The Balaban J connectivity index is 2.15. The summed E-state index contributed by atoms with van der Waals surface area (Å²) in [6, 6.07) is 7.65. The molecule has 1 N–H and O–H groups in total. The Labute approximate surface area is 136 Å². The predicted molar refractivity (Wildman–Crippen MR) is 88.5 cm³/mol. The van der Waals surface area contributed by atoms with Crippen molar-refractivity contribution in [1.29, 1.82) is 5.26 Å². The third kappa shape index (κ3) is 4.02. The Morgan fingerprint density at radius 2 is 2.27 bits per heavy atom. The first-order chi connectivity index (χ1) is 10.5. The zero-order valence-corrected chi connectivity index (χ0v) is 13.7. The fourth-order valence-electron chi connectivity index (χ4n) is 2.53. The average Bonchev–Trinajstić information content (AvgIpc) is 2.50. The van der Waals surface area contributed by atoms with Crippen LogP contribution in [0.15, 0.2) is 30.0 Å². The van der Waals surface area contributed by atoms with Gasteiger partial charge < -0.3 is 10.2 Å². The molecule has 1 atom stereocenters. The molecule has 0 spiro atoms. The minimum Gasteiger partial charge on any atom is -0.373 e. The number of hydrogen-bond donors (Lipinski definition) is 1. The van der Waals surface area contributed by atoms with Gasteiger partial charge in [0.1, 0.15) is 11.6 Å². The third-order valence-corrected chi connectivity index (χ3v) is 4.20. The molecule has 1 aromatic rings. The summed E-state index contributed by atoms with van der Waals surface area (Å²) in [5.74, 6) is -0.398. The highest BCUT2D eigenvalue weighted by Crippen LogP contribution is 2.21. The molecule has 1 unspecified atom stereocenters. The van der Waals surface area contributed by atoms with Gasteiger partial charge in [-0.15, -0.1) is 0 Å². The molecule has 0 aromatic heterocycles. The number of nitriles is 1. The fraction of sp³-hybridized carbons (Fsp3) is 0.412. The Hall–Kier alpha value is -1.99. The van der Waals surface area contributed by atoms with Gasteiger partial charge in [0.25, 0.3) is 5.91 Å². The van der Waals surface area contributed by atoms with Crippen LogP contribution < -0.4 is 5.32 Å². The zero-order chi connectivity index (χ0) is 16.1. The highest BCUT2D eigenvalue weighted by atomic mass is 35.5. The maximum absolute atomic E-state index is 12.3. The molecule has 4 nitrogen and oxygen atoms in total. The number of halogens is 1. The standard InChI is InChI=1S/C17H20ClN3O/c1-12-6-7-15(18)9-16(12)20-17(22)14(10-19)11-21-8-4-3-5-13(21)2/h6-7,9,11,13H,3-5,8H2,1-2H3,(H,20,22)/b14-11-. The van der Waals surface area contributed by atoms with Crippen LogP contribution in [0.5, 0.6) is 0 Å². The SMILES string of the molecule is Cc1ccc(Cl)cc1NC(=O)/C(C#N)=C\N1CCCCC1C. The van der Waals surface area contributed by atoms with Crippen molar-refractivity contribution in [2.24, 2.45) is 0 Å². The van der Waals surface area contributed by atoms with E-state index in [0.717, 1.165) is 24.9 Å². The second kappa shape index (κ2) is 7.33. The summed E-state index contributed by atoms with van der Waals surface area (Å²) in [6.07, 6.45) is 5.05. The number of amides is 1. The highest BCUT2D eigenvalue weighted by molar-refractivity contribution is 6.31. The first-order valence-electron chi connectivity index (χ1n) is 7.46. The summed E-state index contributed by atoms with van der Waals surface area (Å²) in [5.41, 5.74) is 1.65. The van der Waals surface area contributed by atoms with Gasteiger partial charge >= 0.3 is 0 Å². The number of rotatable bonds is 3. The molecule has 0 radical (unpaired) electrons. The van der Waals surface area contributed by atoms with Gasteiger partial charge in [-0.05, 0) is 50.8 Å². The Morgan fingerprint density at radius 3 is 2.95 bits per heavy atom. The summed E-state index contributed by atoms with van der Waals surface area (Å²) in [6.45, 7) is 4.88. The number of aryl methyl sites for hydroxylation is 1. The molecule has 0 aliphatic carbocycles. The third-order valence-electron chi connectivity index (χ3n) is 3.96. The molecule has 1 aromatic carbocycles. The minimum absolute atomic E-state index is 0.119. The van der Waals surface area contributed by atoms with Crippen LogP contribution in [0.25, 0.3) is 0 Å². The van der Waals surface area contributed by atoms with E-state index in [0.29, 0.717) is 16.8 Å². The Bertz CT molecular complexity index is 633. The highest BCUT2D eigenvalue weighted by Gasteiger charge is 2.18. The van der Waals surface area contributed by atoms with E-state index >= 15 is 0 Å². The normalized spacial score (nSPS) is 18.7. The zero-order valence-electron chi connectivity index (χ0n) is 12.9. The summed E-state index contributed by atoms with van der Waals surface area (Å²) in [7, 11) is 0. The van der Waals surface area contributed by atoms with Crippen LogP contribution >= 0.6 is 11.6 Å². The fourth-order valence-corrected chi connectivity index (χ4v) is 2.71. The van der Waals surface area contributed by atoms with Crippen LogP contribution in [-0.2, 0) is 4.79 Å². The van der Waals surface area contributed by atoms with Crippen molar-refractivity contribution in [1.82, 2.24) is 4.90 Å². The first-order valence-corrected chi connectivity index (χ1v) is 7.84. The molecule has 1 aliphatic heterocycles. The monoisotopic (exact) mass is 317 g/mol. The second-order valence-corrected chi connectivity index (χ2v) is 6.09. The van der Waals surface area contributed by atoms with Crippen LogP contribution in [-0.4, -0.2) is 23.4 Å². The van der Waals surface area contributed by atoms with Crippen LogP contribution in [0.2, 0.25) is 5.02 Å². The maximum Gasteiger partial charge on any atom is 0.267 e. The van der Waals surface area contributed by atoms with Crippen molar-refractivity contribution in [3.8, 4) is 6.07 Å². The number of hydrogen-bond acceptors (Lipinski definition) is 3. The quantitative estimate of drug-likeness (QED) is 0.680. The lowest BCUT2D eigenvalue weighted by Gasteiger charge is -2.32. The number of likely N-dealkylation sites (tertiary alicyclic amines) is 1. The number of nitrogens with zero attached hydrogens (tertiary/aromatic N) is 2. The van der Waals surface area contributed by atoms with E-state index in [1.807, 2.05) is 19.1 Å². The summed E-state index contributed by atoms with van der Waals surface area (Å²) >= 11 is 5.95. The molecule has 22 heavy (non-hydrogen) atoms. The number of nitrogens with one attached hydrogen (secondary N) is 1. The van der Waals surface area contributed by atoms with Crippen molar-refractivity contribution in [3.63, 3.8) is 0 Å². The van der Waals surface area contributed by atoms with Gasteiger partial charge in [-0.3, -0.25) is 4.79 Å². The van der Waals surface area contributed by atoms with E-state index in [9.17, 15) is 10.1 Å². The van der Waals surface area contributed by atoms with Crippen LogP contribution in [0.3, 0.4) is 0 Å². The summed E-state index contributed by atoms with van der Waals surface area (Å²) in [5, 5.41) is 12.6. The predicted octanol–water partition coefficient (Wildman–Crippen LogP) is 3.87. The molecular weight excluding hydrogens is 298 g/mol. The molecule has 1 amide bonds. The maximum atomic E-state index is 12.3. The van der Waals surface area contributed by atoms with Gasteiger partial charge in [0, 0.05) is 29.5 Å². The number of piperidine rings is 1. The van der Waals surface area contributed by atoms with E-state index in [2.05, 4.69) is 17.1 Å². The number of anilines is 1. The molecule has 2 rings (SSSR count). The molecule has 0 bridgehead atoms. The smallest absolute Gasteiger partial charge is 0.267 e. The van der Waals surface area contributed by atoms with E-state index in [-0.39, 0.29) is 5.57 Å². The number of benzene rings is 1. The van der Waals surface area contributed by atoms with Gasteiger partial charge in [-0.2, -0.15) is 5.26 Å². The van der Waals surface area contributed by atoms with Gasteiger partial charge in [0.15, 0.2) is 0 Å². The Kier molecular flexibility index (Phi) is 5.46. The Morgan fingerprint density at radius 1 is 1.50 bits per heavy atom. The van der Waals surface area contributed by atoms with E-state index in [1.165, 1.54) is 6.42 Å². The van der Waals surface area contributed by atoms with Crippen LogP contribution in [0.1, 0.15) is 31.7 Å². The van der Waals surface area contributed by atoms with Crippen LogP contribution in [0, 0.1) is 18.3 Å². The van der Waals surface area contributed by atoms with Gasteiger partial charge in [-0.1, -0.05) is 17.7 Å². The lowest BCUT2D eigenvalue weighted by molar-refractivity contribution is -0.112. The lowest BCUT2D eigenvalue weighted by atomic mass is 10.0. The summed E-state index contributed by atoms with van der Waals surface area (Å²) < 4.78 is 0. The topological polar surface area (TPSA) is 56.1 Å². The van der Waals surface area contributed by atoms with Crippen molar-refractivity contribution < 1.29 is 4.79 Å². The lowest BCUT2D eigenvalue weighted by Crippen LogP contribution is -2.34. The molecule has 1 aliphatic rings. The van der Waals surface area contributed by atoms with Gasteiger partial charge in [0.2, 0.25) is 0 Å². The molecule has 1 heterocycles. The van der Waals surface area contributed by atoms with Crippen molar-refractivity contribution in [2.45, 2.75) is 39.2 Å². The van der Waals surface area contributed by atoms with E-state index in [1.54, 1.807) is 18.3 Å². The van der Waals surface area contributed by atoms with Gasteiger partial charge in [-0.25, -0.2) is 0 Å². The number of carbonyl (C=O) groups is 1. The minimum atomic E-state index is -0.398. The summed E-state index contributed by atoms with van der Waals surface area (Å²) in [4.78, 5) is 14.4. The number of carbonyl (C=O) groups excluding carboxylic acids is 1. The molecular formula is C17H20ClN3O. The average molecular weight is 318 g/mol. The van der Waals surface area contributed by atoms with Crippen molar-refractivity contribution in [2.75, 3.05) is 11.9 Å². The van der Waals surface area contributed by atoms with Gasteiger partial charge in [0.05, 0.1) is 0 Å². The van der Waals surface area contributed by atoms with Crippen molar-refractivity contribution >= 4 is 23.2 Å². The van der Waals surface area contributed by atoms with E-state index < -0.39 is 5.91 Å². The molecule has 0 saturated carbocycles. The molecule has 1 fully saturated rings. The molecule has 116 valence electrons. The molecule has 1 saturated heterocycles. The molecule has 5 heteroatoms. The van der Waals surface area contributed by atoms with E-state index in [4.69, 9.17) is 11.6 Å². The second-order valence-electron chi connectivity index (χ2n) is 5.65. The van der Waals surface area contributed by atoms with Crippen LogP contribution in [0.4, 0.5) is 5.69 Å².